The Balaban J connectivity index is 2.05. The maximum Gasteiger partial charge on any atom is 0.339 e. The van der Waals surface area contributed by atoms with E-state index < -0.39 is 28.0 Å². The van der Waals surface area contributed by atoms with Crippen molar-refractivity contribution in [1.29, 1.82) is 5.26 Å². The number of amides is 1. The Kier molecular flexibility index (Phi) is 6.70. The fraction of sp³-hybridized carbons (Fsp3) is 0.167. The molecule has 146 valence electrons. The van der Waals surface area contributed by atoms with Crippen molar-refractivity contribution >= 4 is 21.9 Å². The Morgan fingerprint density at radius 2 is 1.75 bits per heavy atom. The van der Waals surface area contributed by atoms with Crippen LogP contribution >= 0.6 is 0 Å². The standard InChI is InChI=1S/C18H17N3O6S/c1-12(27-14-9-7-13(11-19)8-10-14)17(22)20-21-28(24,25)16-6-4-3-5-15(16)18(23)26-2/h3-10,12,21H,1-2H3,(H,20,22)/t12-/m0/s1. The zero-order valence-electron chi connectivity index (χ0n) is 15.0. The lowest BCUT2D eigenvalue weighted by Crippen LogP contribution is -2.47. The number of sulfonamides is 1. The zero-order chi connectivity index (χ0) is 20.7. The highest BCUT2D eigenvalue weighted by atomic mass is 32.2. The van der Waals surface area contributed by atoms with Crippen molar-refractivity contribution in [1.82, 2.24) is 10.3 Å². The highest BCUT2D eigenvalue weighted by Gasteiger charge is 2.24. The van der Waals surface area contributed by atoms with Gasteiger partial charge in [0, 0.05) is 0 Å². The minimum absolute atomic E-state index is 0.173. The van der Waals surface area contributed by atoms with E-state index in [0.717, 1.165) is 7.11 Å². The third-order valence-corrected chi connectivity index (χ3v) is 4.86. The summed E-state index contributed by atoms with van der Waals surface area (Å²) in [5.74, 6) is -1.26. The van der Waals surface area contributed by atoms with Crippen molar-refractivity contribution in [2.45, 2.75) is 17.9 Å². The largest absolute Gasteiger partial charge is 0.481 e. The monoisotopic (exact) mass is 403 g/mol. The first-order valence-electron chi connectivity index (χ1n) is 7.94. The number of esters is 1. The van der Waals surface area contributed by atoms with Gasteiger partial charge in [-0.15, -0.1) is 4.83 Å². The SMILES string of the molecule is COC(=O)c1ccccc1S(=O)(=O)NNC(=O)[C@H](C)Oc1ccc(C#N)cc1. The molecule has 28 heavy (non-hydrogen) atoms. The van der Waals surface area contributed by atoms with Crippen molar-refractivity contribution in [3.63, 3.8) is 0 Å². The van der Waals surface area contributed by atoms with Crippen LogP contribution in [0.3, 0.4) is 0 Å². The number of methoxy groups -OCH3 is 1. The maximum absolute atomic E-state index is 12.4. The van der Waals surface area contributed by atoms with Crippen molar-refractivity contribution in [3.8, 4) is 11.8 Å². The molecule has 0 aromatic heterocycles. The summed E-state index contributed by atoms with van der Waals surface area (Å²) in [5, 5.41) is 8.76. The first kappa shape index (κ1) is 20.9. The third kappa shape index (κ3) is 5.06. The van der Waals surface area contributed by atoms with E-state index in [1.54, 1.807) is 0 Å². The van der Waals surface area contributed by atoms with E-state index in [9.17, 15) is 18.0 Å². The van der Waals surface area contributed by atoms with Gasteiger partial charge in [-0.25, -0.2) is 13.2 Å². The molecule has 1 atom stereocenters. The van der Waals surface area contributed by atoms with Crippen molar-refractivity contribution in [2.24, 2.45) is 0 Å². The summed E-state index contributed by atoms with van der Waals surface area (Å²) in [6.45, 7) is 1.42. The van der Waals surface area contributed by atoms with Gasteiger partial charge in [-0.05, 0) is 43.3 Å². The Morgan fingerprint density at radius 3 is 2.36 bits per heavy atom. The molecule has 2 N–H and O–H groups in total. The van der Waals surface area contributed by atoms with E-state index in [4.69, 9.17) is 10.00 Å². The molecule has 0 fully saturated rings. The normalized spacial score (nSPS) is 11.8. The predicted octanol–water partition coefficient (Wildman–Crippen LogP) is 1.12. The maximum atomic E-state index is 12.4. The first-order chi connectivity index (χ1) is 13.3. The zero-order valence-corrected chi connectivity index (χ0v) is 15.8. The molecule has 1 amide bonds. The Hall–Kier alpha value is -3.42. The highest BCUT2D eigenvalue weighted by Crippen LogP contribution is 2.16. The van der Waals surface area contributed by atoms with Crippen LogP contribution in [0.4, 0.5) is 0 Å². The summed E-state index contributed by atoms with van der Waals surface area (Å²) >= 11 is 0. The molecule has 0 aliphatic carbocycles. The fourth-order valence-corrected chi connectivity index (χ4v) is 3.16. The molecule has 0 saturated heterocycles. The van der Waals surface area contributed by atoms with Crippen LogP contribution in [-0.2, 0) is 19.6 Å². The van der Waals surface area contributed by atoms with Crippen LogP contribution in [0.25, 0.3) is 0 Å². The van der Waals surface area contributed by atoms with Crippen molar-refractivity contribution in [3.05, 3.63) is 59.7 Å². The van der Waals surface area contributed by atoms with Gasteiger partial charge in [-0.2, -0.15) is 5.26 Å². The number of carbonyl (C=O) groups excluding carboxylic acids is 2. The van der Waals surface area contributed by atoms with Crippen LogP contribution in [0.15, 0.2) is 53.4 Å². The Bertz CT molecular complexity index is 1010. The predicted molar refractivity (Wildman–Crippen MR) is 97.5 cm³/mol. The van der Waals surface area contributed by atoms with E-state index in [1.807, 2.05) is 16.3 Å². The van der Waals surface area contributed by atoms with Gasteiger partial charge in [0.2, 0.25) is 0 Å². The molecule has 2 aromatic carbocycles. The van der Waals surface area contributed by atoms with E-state index >= 15 is 0 Å². The van der Waals surface area contributed by atoms with Gasteiger partial charge >= 0.3 is 5.97 Å². The van der Waals surface area contributed by atoms with Gasteiger partial charge < -0.3 is 9.47 Å². The summed E-state index contributed by atoms with van der Waals surface area (Å²) in [5.41, 5.74) is 2.30. The Labute approximate surface area is 161 Å². The van der Waals surface area contributed by atoms with Gasteiger partial charge in [0.05, 0.1) is 29.2 Å². The van der Waals surface area contributed by atoms with Gasteiger partial charge in [0.1, 0.15) is 5.75 Å². The summed E-state index contributed by atoms with van der Waals surface area (Å²) in [6, 6.07) is 13.4. The van der Waals surface area contributed by atoms with E-state index in [1.165, 1.54) is 55.5 Å². The fourth-order valence-electron chi connectivity index (χ4n) is 2.12. The molecule has 9 nitrogen and oxygen atoms in total. The lowest BCUT2D eigenvalue weighted by atomic mass is 10.2. The Morgan fingerprint density at radius 1 is 1.11 bits per heavy atom. The highest BCUT2D eigenvalue weighted by molar-refractivity contribution is 7.89. The molecule has 0 spiro atoms. The number of rotatable bonds is 7. The number of benzene rings is 2. The van der Waals surface area contributed by atoms with Gasteiger partial charge in [-0.3, -0.25) is 10.2 Å². The molecule has 0 unspecified atom stereocenters. The second-order valence-electron chi connectivity index (χ2n) is 5.48. The molecule has 2 rings (SSSR count). The smallest absolute Gasteiger partial charge is 0.339 e. The first-order valence-corrected chi connectivity index (χ1v) is 9.42. The van der Waals surface area contributed by atoms with Crippen LogP contribution in [0, 0.1) is 11.3 Å². The molecular formula is C18H17N3O6S. The summed E-state index contributed by atoms with van der Waals surface area (Å²) < 4.78 is 34.8. The van der Waals surface area contributed by atoms with Crippen molar-refractivity contribution < 1.29 is 27.5 Å². The number of hydrazine groups is 1. The van der Waals surface area contributed by atoms with Crippen LogP contribution in [0.5, 0.6) is 5.75 Å². The van der Waals surface area contributed by atoms with Gasteiger partial charge in [0.25, 0.3) is 15.9 Å². The number of nitrogens with zero attached hydrogens (tertiary/aromatic N) is 1. The van der Waals surface area contributed by atoms with E-state index in [0.29, 0.717) is 11.3 Å². The number of carbonyl (C=O) groups is 2. The molecule has 0 heterocycles. The molecule has 0 aliphatic heterocycles. The van der Waals surface area contributed by atoms with Gasteiger partial charge in [-0.1, -0.05) is 12.1 Å². The topological polar surface area (TPSA) is 135 Å². The molecule has 0 saturated carbocycles. The van der Waals surface area contributed by atoms with Crippen LogP contribution in [-0.4, -0.2) is 33.5 Å². The lowest BCUT2D eigenvalue weighted by molar-refractivity contribution is -0.127. The third-order valence-electron chi connectivity index (χ3n) is 3.56. The number of nitriles is 1. The number of nitrogens with one attached hydrogen (secondary N) is 2. The van der Waals surface area contributed by atoms with Crippen LogP contribution in [0.1, 0.15) is 22.8 Å². The molecular weight excluding hydrogens is 386 g/mol. The molecule has 10 heteroatoms. The van der Waals surface area contributed by atoms with E-state index in [-0.39, 0.29) is 10.5 Å². The number of hydrogen-bond acceptors (Lipinski definition) is 7. The second-order valence-corrected chi connectivity index (χ2v) is 7.13. The summed E-state index contributed by atoms with van der Waals surface area (Å²) in [7, 11) is -3.10. The average molecular weight is 403 g/mol. The average Bonchev–Trinajstić information content (AvgIpc) is 2.72. The van der Waals surface area contributed by atoms with Crippen LogP contribution in [0.2, 0.25) is 0 Å². The molecule has 2 aromatic rings. The second kappa shape index (κ2) is 8.98. The molecule has 0 radical (unpaired) electrons. The molecule has 0 bridgehead atoms. The summed E-state index contributed by atoms with van der Waals surface area (Å²) in [4.78, 5) is 25.4. The quantitative estimate of drug-likeness (QED) is 0.522. The minimum atomic E-state index is -4.23. The molecule has 0 aliphatic rings. The lowest BCUT2D eigenvalue weighted by Gasteiger charge is -2.16. The number of ether oxygens (including phenoxy) is 2. The summed E-state index contributed by atoms with van der Waals surface area (Å²) in [6.07, 6.45) is -1.04. The van der Waals surface area contributed by atoms with Crippen molar-refractivity contribution in [2.75, 3.05) is 7.11 Å². The van der Waals surface area contributed by atoms with E-state index in [2.05, 4.69) is 4.74 Å². The van der Waals surface area contributed by atoms with Gasteiger partial charge in [0.15, 0.2) is 6.10 Å². The number of hydrogen-bond donors (Lipinski definition) is 2. The van der Waals surface area contributed by atoms with Crippen LogP contribution < -0.4 is 15.0 Å². The minimum Gasteiger partial charge on any atom is -0.481 e.